The molecule has 1 amide bonds. The molecular weight excluding hydrogens is 270 g/mol. The first kappa shape index (κ1) is 15.8. The lowest BCUT2D eigenvalue weighted by Crippen LogP contribution is -2.35. The molecule has 1 unspecified atom stereocenters. The van der Waals surface area contributed by atoms with Crippen LogP contribution in [0.1, 0.15) is 51.5 Å². The van der Waals surface area contributed by atoms with Crippen molar-refractivity contribution in [3.05, 3.63) is 5.89 Å². The molecule has 1 aromatic rings. The Morgan fingerprint density at radius 2 is 2.19 bits per heavy atom. The molecule has 3 N–H and O–H groups in total. The molecule has 118 valence electrons. The van der Waals surface area contributed by atoms with E-state index in [-0.39, 0.29) is 11.9 Å². The van der Waals surface area contributed by atoms with Gasteiger partial charge in [-0.2, -0.15) is 0 Å². The first-order valence-corrected chi connectivity index (χ1v) is 7.70. The SMILES string of the molecule is CCCNC(C)c1nnc(N2CCC(CC(N)=O)CC2)o1. The van der Waals surface area contributed by atoms with Crippen molar-refractivity contribution in [1.29, 1.82) is 0 Å². The fourth-order valence-electron chi connectivity index (χ4n) is 2.59. The van der Waals surface area contributed by atoms with E-state index in [0.29, 0.717) is 24.2 Å². The molecule has 1 aromatic heterocycles. The third-order valence-electron chi connectivity index (χ3n) is 3.88. The topological polar surface area (TPSA) is 97.3 Å². The highest BCUT2D eigenvalue weighted by Crippen LogP contribution is 2.25. The predicted molar refractivity (Wildman–Crippen MR) is 79.8 cm³/mol. The summed E-state index contributed by atoms with van der Waals surface area (Å²) in [6.45, 7) is 6.73. The number of carbonyl (C=O) groups excluding carboxylic acids is 1. The van der Waals surface area contributed by atoms with Crippen molar-refractivity contribution in [2.45, 2.75) is 45.6 Å². The van der Waals surface area contributed by atoms with Gasteiger partial charge in [0.15, 0.2) is 0 Å². The fourth-order valence-corrected chi connectivity index (χ4v) is 2.59. The maximum Gasteiger partial charge on any atom is 0.318 e. The Kier molecular flexibility index (Phi) is 5.55. The van der Waals surface area contributed by atoms with Crippen LogP contribution in [0.3, 0.4) is 0 Å². The van der Waals surface area contributed by atoms with Gasteiger partial charge in [0, 0.05) is 19.5 Å². The van der Waals surface area contributed by atoms with E-state index in [1.54, 1.807) is 0 Å². The van der Waals surface area contributed by atoms with Crippen LogP contribution >= 0.6 is 0 Å². The van der Waals surface area contributed by atoms with Crippen molar-refractivity contribution in [2.24, 2.45) is 11.7 Å². The first-order valence-electron chi connectivity index (χ1n) is 7.70. The molecule has 7 heteroatoms. The summed E-state index contributed by atoms with van der Waals surface area (Å²) < 4.78 is 5.75. The summed E-state index contributed by atoms with van der Waals surface area (Å²) in [7, 11) is 0. The second kappa shape index (κ2) is 7.40. The number of rotatable bonds is 7. The summed E-state index contributed by atoms with van der Waals surface area (Å²) in [4.78, 5) is 13.0. The van der Waals surface area contributed by atoms with Gasteiger partial charge in [0.1, 0.15) is 0 Å². The van der Waals surface area contributed by atoms with Gasteiger partial charge in [-0.05, 0) is 38.6 Å². The lowest BCUT2D eigenvalue weighted by molar-refractivity contribution is -0.119. The minimum atomic E-state index is -0.218. The Bertz CT molecular complexity index is 454. The molecule has 21 heavy (non-hydrogen) atoms. The number of hydrogen-bond acceptors (Lipinski definition) is 6. The Balaban J connectivity index is 1.86. The van der Waals surface area contributed by atoms with Gasteiger partial charge in [0.25, 0.3) is 0 Å². The van der Waals surface area contributed by atoms with E-state index in [1.165, 1.54) is 0 Å². The highest BCUT2D eigenvalue weighted by atomic mass is 16.4. The highest BCUT2D eigenvalue weighted by Gasteiger charge is 2.24. The van der Waals surface area contributed by atoms with Crippen LogP contribution in [0.25, 0.3) is 0 Å². The molecule has 7 nitrogen and oxygen atoms in total. The predicted octanol–water partition coefficient (Wildman–Crippen LogP) is 1.22. The van der Waals surface area contributed by atoms with Gasteiger partial charge in [0.2, 0.25) is 11.8 Å². The van der Waals surface area contributed by atoms with Gasteiger partial charge < -0.3 is 20.4 Å². The summed E-state index contributed by atoms with van der Waals surface area (Å²) in [5.74, 6) is 0.786. The molecule has 0 spiro atoms. The molecule has 0 aromatic carbocycles. The number of piperidine rings is 1. The number of amides is 1. The van der Waals surface area contributed by atoms with Crippen molar-refractivity contribution in [3.63, 3.8) is 0 Å². The average molecular weight is 295 g/mol. The third-order valence-corrected chi connectivity index (χ3v) is 3.88. The fraction of sp³-hybridized carbons (Fsp3) is 0.786. The molecular formula is C14H25N5O2. The summed E-state index contributed by atoms with van der Waals surface area (Å²) in [6, 6.07) is 0.645. The second-order valence-corrected chi connectivity index (χ2v) is 5.70. The van der Waals surface area contributed by atoms with Crippen LogP contribution < -0.4 is 16.0 Å². The van der Waals surface area contributed by atoms with Crippen LogP contribution in [0.2, 0.25) is 0 Å². The molecule has 0 radical (unpaired) electrons. The van der Waals surface area contributed by atoms with E-state index in [4.69, 9.17) is 10.2 Å². The quantitative estimate of drug-likeness (QED) is 0.785. The molecule has 2 heterocycles. The van der Waals surface area contributed by atoms with Gasteiger partial charge in [-0.1, -0.05) is 12.0 Å². The number of carbonyl (C=O) groups is 1. The van der Waals surface area contributed by atoms with E-state index >= 15 is 0 Å². The maximum absolute atomic E-state index is 10.9. The molecule has 1 atom stereocenters. The lowest BCUT2D eigenvalue weighted by Gasteiger charge is -2.29. The summed E-state index contributed by atoms with van der Waals surface area (Å²) in [6.07, 6.45) is 3.41. The van der Waals surface area contributed by atoms with Gasteiger partial charge in [0.05, 0.1) is 6.04 Å². The number of hydrogen-bond donors (Lipinski definition) is 2. The first-order chi connectivity index (χ1) is 10.1. The molecule has 1 aliphatic heterocycles. The largest absolute Gasteiger partial charge is 0.406 e. The molecule has 0 saturated carbocycles. The van der Waals surface area contributed by atoms with E-state index in [1.807, 2.05) is 6.92 Å². The maximum atomic E-state index is 10.9. The van der Waals surface area contributed by atoms with Crippen molar-refractivity contribution in [3.8, 4) is 0 Å². The normalized spacial score (nSPS) is 17.9. The van der Waals surface area contributed by atoms with E-state index in [0.717, 1.165) is 38.9 Å². The highest BCUT2D eigenvalue weighted by molar-refractivity contribution is 5.74. The zero-order valence-corrected chi connectivity index (χ0v) is 12.8. The number of anilines is 1. The lowest BCUT2D eigenvalue weighted by atomic mass is 9.93. The minimum absolute atomic E-state index is 0.0681. The van der Waals surface area contributed by atoms with Gasteiger partial charge >= 0.3 is 6.01 Å². The summed E-state index contributed by atoms with van der Waals surface area (Å²) in [5, 5.41) is 11.6. The third kappa shape index (κ3) is 4.42. The van der Waals surface area contributed by atoms with Crippen LogP contribution in [0.5, 0.6) is 0 Å². The zero-order valence-electron chi connectivity index (χ0n) is 12.8. The van der Waals surface area contributed by atoms with E-state index < -0.39 is 0 Å². The van der Waals surface area contributed by atoms with E-state index in [2.05, 4.69) is 27.3 Å². The number of aromatic nitrogens is 2. The van der Waals surface area contributed by atoms with Crippen LogP contribution in [-0.2, 0) is 4.79 Å². The average Bonchev–Trinajstić information content (AvgIpc) is 2.95. The van der Waals surface area contributed by atoms with Crippen molar-refractivity contribution in [2.75, 3.05) is 24.5 Å². The molecule has 1 fully saturated rings. The minimum Gasteiger partial charge on any atom is -0.406 e. The van der Waals surface area contributed by atoms with Crippen LogP contribution in [0, 0.1) is 5.92 Å². The van der Waals surface area contributed by atoms with Crippen LogP contribution in [-0.4, -0.2) is 35.7 Å². The number of nitrogens with zero attached hydrogens (tertiary/aromatic N) is 3. The monoisotopic (exact) mass is 295 g/mol. The molecule has 0 bridgehead atoms. The number of nitrogens with two attached hydrogens (primary N) is 1. The van der Waals surface area contributed by atoms with Crippen molar-refractivity contribution >= 4 is 11.9 Å². The molecule has 2 rings (SSSR count). The van der Waals surface area contributed by atoms with Crippen molar-refractivity contribution < 1.29 is 9.21 Å². The zero-order chi connectivity index (χ0) is 15.2. The Hall–Kier alpha value is -1.63. The Labute approximate surface area is 125 Å². The standard InChI is InChI=1S/C14H25N5O2/c1-3-6-16-10(2)13-17-18-14(21-13)19-7-4-11(5-8-19)9-12(15)20/h10-11,16H,3-9H2,1-2H3,(H2,15,20). The second-order valence-electron chi connectivity index (χ2n) is 5.70. The molecule has 1 saturated heterocycles. The van der Waals surface area contributed by atoms with Gasteiger partial charge in [-0.3, -0.25) is 4.79 Å². The molecule has 0 aliphatic carbocycles. The smallest absolute Gasteiger partial charge is 0.318 e. The number of nitrogens with one attached hydrogen (secondary N) is 1. The van der Waals surface area contributed by atoms with Crippen LogP contribution in [0.15, 0.2) is 4.42 Å². The van der Waals surface area contributed by atoms with E-state index in [9.17, 15) is 4.79 Å². The summed E-state index contributed by atoms with van der Waals surface area (Å²) >= 11 is 0. The summed E-state index contributed by atoms with van der Waals surface area (Å²) in [5.41, 5.74) is 5.25. The van der Waals surface area contributed by atoms with Gasteiger partial charge in [-0.25, -0.2) is 0 Å². The van der Waals surface area contributed by atoms with Gasteiger partial charge in [-0.15, -0.1) is 5.10 Å². The Morgan fingerprint density at radius 1 is 1.48 bits per heavy atom. The van der Waals surface area contributed by atoms with Crippen molar-refractivity contribution in [1.82, 2.24) is 15.5 Å². The Morgan fingerprint density at radius 3 is 2.81 bits per heavy atom. The molecule has 1 aliphatic rings. The van der Waals surface area contributed by atoms with Crippen LogP contribution in [0.4, 0.5) is 6.01 Å². The number of primary amides is 1.